The lowest BCUT2D eigenvalue weighted by Gasteiger charge is -2.37. The van der Waals surface area contributed by atoms with Crippen LogP contribution in [0.3, 0.4) is 0 Å². The number of ether oxygens (including phenoxy) is 4. The first-order chi connectivity index (χ1) is 32.8. The highest BCUT2D eigenvalue weighted by Crippen LogP contribution is 2.57. The lowest BCUT2D eigenvalue weighted by atomic mass is 9.77. The predicted molar refractivity (Wildman–Crippen MR) is 257 cm³/mol. The van der Waals surface area contributed by atoms with Crippen molar-refractivity contribution in [2.24, 2.45) is 0 Å². The molecule has 3 heterocycles. The summed E-state index contributed by atoms with van der Waals surface area (Å²) in [7, 11) is 7.79. The summed E-state index contributed by atoms with van der Waals surface area (Å²) in [6.07, 6.45) is 3.34. The minimum Gasteiger partial charge on any atom is -0.456 e. The minimum absolute atomic E-state index is 0.221. The van der Waals surface area contributed by atoms with Crippen molar-refractivity contribution in [1.82, 2.24) is 20.9 Å². The van der Waals surface area contributed by atoms with Crippen LogP contribution in [0.4, 0.5) is 15.8 Å². The zero-order valence-corrected chi connectivity index (χ0v) is 39.5. The molecule has 14 nitrogen and oxygen atoms in total. The maximum absolute atomic E-state index is 13.7. The minimum atomic E-state index is -1.27. The molecule has 356 valence electrons. The number of fused-ring (bicyclic) bond motifs is 6. The van der Waals surface area contributed by atoms with Crippen LogP contribution in [0.2, 0.25) is 0 Å². The number of esters is 1. The van der Waals surface area contributed by atoms with E-state index < -0.39 is 23.0 Å². The van der Waals surface area contributed by atoms with E-state index >= 15 is 0 Å². The van der Waals surface area contributed by atoms with Crippen molar-refractivity contribution in [3.05, 3.63) is 147 Å². The highest BCUT2D eigenvalue weighted by Gasteiger charge is 2.54. The number of aromatic nitrogens is 1. The molecule has 0 radical (unpaired) electrons. The summed E-state index contributed by atoms with van der Waals surface area (Å²) in [4.78, 5) is 62.8. The van der Waals surface area contributed by atoms with Gasteiger partial charge in [-0.3, -0.25) is 14.4 Å². The standard InChI is InChI=1S/C53H59FN6O8/c1-7-52(8-2,58-49(62)44-22-18-39(34-11-12-34)45(57-44)29-33-9-14-36(54)15-10-33)51(64)56-24-26-66-28-27-65-25-23-55-48(61)35-13-19-41-40(30-35)50(63)68-53(41)42-20-16-37(59(3)4)31-46(42)67-47-32-38(60(5)6)17-21-43(47)53/h9-10,13-22,30-32,34H,7-8,11-12,23-29H2,1-6H3,(H,55,61)(H,56,64)(H,58,62). The zero-order valence-electron chi connectivity index (χ0n) is 39.5. The number of benzene rings is 4. The van der Waals surface area contributed by atoms with Crippen LogP contribution < -0.4 is 30.5 Å². The first-order valence-corrected chi connectivity index (χ1v) is 23.2. The molecule has 1 spiro atoms. The van der Waals surface area contributed by atoms with Gasteiger partial charge in [-0.2, -0.15) is 0 Å². The van der Waals surface area contributed by atoms with Crippen LogP contribution in [-0.4, -0.2) is 102 Å². The number of hydrogen-bond donors (Lipinski definition) is 3. The SMILES string of the molecule is CCC(CC)(NC(=O)c1ccc(C2CC2)c(Cc2ccc(F)cc2)n1)C(=O)NCCOCCOCCNC(=O)c1ccc2c(c1)C(=O)OC21c2ccc(N(C)C)cc2Oc2cc(N(C)C)ccc21. The van der Waals surface area contributed by atoms with E-state index in [2.05, 4.69) is 16.0 Å². The summed E-state index contributed by atoms with van der Waals surface area (Å²) in [5.41, 5.74) is 5.07. The molecule has 2 aliphatic heterocycles. The van der Waals surface area contributed by atoms with Gasteiger partial charge in [0.05, 0.1) is 32.0 Å². The molecule has 0 saturated heterocycles. The molecule has 1 aromatic heterocycles. The molecule has 0 bridgehead atoms. The number of carbonyl (C=O) groups excluding carboxylic acids is 4. The Morgan fingerprint density at radius 2 is 1.35 bits per heavy atom. The molecule has 4 aromatic carbocycles. The van der Waals surface area contributed by atoms with E-state index in [1.54, 1.807) is 36.4 Å². The fourth-order valence-electron chi connectivity index (χ4n) is 8.90. The van der Waals surface area contributed by atoms with Gasteiger partial charge in [-0.25, -0.2) is 14.2 Å². The number of nitrogens with zero attached hydrogens (tertiary/aromatic N) is 3. The van der Waals surface area contributed by atoms with Gasteiger partial charge in [-0.15, -0.1) is 0 Å². The number of amides is 3. The average Bonchev–Trinajstić information content (AvgIpc) is 4.15. The Morgan fingerprint density at radius 3 is 1.94 bits per heavy atom. The number of hydrogen-bond acceptors (Lipinski definition) is 11. The van der Waals surface area contributed by atoms with Crippen molar-refractivity contribution in [3.63, 3.8) is 0 Å². The summed E-state index contributed by atoms with van der Waals surface area (Å²) < 4.78 is 37.7. The first-order valence-electron chi connectivity index (χ1n) is 23.2. The second kappa shape index (κ2) is 20.2. The molecule has 3 amide bonds. The molecule has 68 heavy (non-hydrogen) atoms. The van der Waals surface area contributed by atoms with Gasteiger partial charge in [0.15, 0.2) is 5.60 Å². The van der Waals surface area contributed by atoms with Crippen LogP contribution in [-0.2, 0) is 31.0 Å². The average molecular weight is 927 g/mol. The largest absolute Gasteiger partial charge is 0.456 e. The van der Waals surface area contributed by atoms with Crippen LogP contribution in [0.1, 0.15) is 110 Å². The maximum atomic E-state index is 13.7. The number of nitrogens with one attached hydrogen (secondary N) is 3. The van der Waals surface area contributed by atoms with Gasteiger partial charge in [0.25, 0.3) is 11.8 Å². The third kappa shape index (κ3) is 9.76. The van der Waals surface area contributed by atoms with Gasteiger partial charge in [-0.1, -0.05) is 38.1 Å². The number of carbonyl (C=O) groups is 4. The van der Waals surface area contributed by atoms with Crippen molar-refractivity contribution >= 4 is 35.1 Å². The second-order valence-electron chi connectivity index (χ2n) is 17.9. The molecule has 1 fully saturated rings. The van der Waals surface area contributed by atoms with Gasteiger partial charge in [-0.05, 0) is 97.3 Å². The number of anilines is 2. The van der Waals surface area contributed by atoms with Crippen molar-refractivity contribution in [2.45, 2.75) is 63.0 Å². The van der Waals surface area contributed by atoms with Gasteiger partial charge in [0.2, 0.25) is 5.91 Å². The summed E-state index contributed by atoms with van der Waals surface area (Å²) in [6, 6.07) is 26.6. The smallest absolute Gasteiger partial charge is 0.340 e. The molecule has 15 heteroatoms. The maximum Gasteiger partial charge on any atom is 0.340 e. The van der Waals surface area contributed by atoms with E-state index in [1.165, 1.54) is 12.1 Å². The van der Waals surface area contributed by atoms with Gasteiger partial charge in [0.1, 0.15) is 28.5 Å². The normalized spacial score (nSPS) is 14.2. The summed E-state index contributed by atoms with van der Waals surface area (Å²) in [5, 5.41) is 8.73. The Bertz CT molecular complexity index is 2640. The number of pyridine rings is 1. The topological polar surface area (TPSA) is 161 Å². The molecule has 0 unspecified atom stereocenters. The summed E-state index contributed by atoms with van der Waals surface area (Å²) in [6.45, 7) is 5.11. The Hall–Kier alpha value is -6.84. The van der Waals surface area contributed by atoms with Crippen molar-refractivity contribution < 1.29 is 42.5 Å². The summed E-state index contributed by atoms with van der Waals surface area (Å²) in [5.74, 6) is -0.406. The highest BCUT2D eigenvalue weighted by atomic mass is 19.1. The molecule has 0 atom stereocenters. The van der Waals surface area contributed by atoms with Crippen LogP contribution in [0.15, 0.2) is 91.0 Å². The van der Waals surface area contributed by atoms with Crippen LogP contribution in [0.5, 0.6) is 11.5 Å². The van der Waals surface area contributed by atoms with E-state index in [4.69, 9.17) is 23.9 Å². The Balaban J connectivity index is 0.793. The third-order valence-corrected chi connectivity index (χ3v) is 13.0. The van der Waals surface area contributed by atoms with E-state index in [9.17, 15) is 23.6 Å². The first kappa shape index (κ1) is 47.6. The lowest BCUT2D eigenvalue weighted by Crippen LogP contribution is -2.58. The van der Waals surface area contributed by atoms with E-state index in [-0.39, 0.29) is 62.8 Å². The van der Waals surface area contributed by atoms with Gasteiger partial charge >= 0.3 is 5.97 Å². The molecular weight excluding hydrogens is 868 g/mol. The molecular formula is C53H59FN6O8. The van der Waals surface area contributed by atoms with Gasteiger partial charge in [0, 0.05) is 99.2 Å². The molecule has 3 aliphatic rings. The van der Waals surface area contributed by atoms with Crippen molar-refractivity contribution in [1.29, 1.82) is 0 Å². The quantitative estimate of drug-likeness (QED) is 0.0533. The van der Waals surface area contributed by atoms with Crippen LogP contribution in [0.25, 0.3) is 0 Å². The number of rotatable bonds is 20. The molecule has 5 aromatic rings. The van der Waals surface area contributed by atoms with Crippen molar-refractivity contribution in [2.75, 3.05) is 77.5 Å². The Labute approximate surface area is 396 Å². The second-order valence-corrected chi connectivity index (χ2v) is 17.9. The monoisotopic (exact) mass is 926 g/mol. The summed E-state index contributed by atoms with van der Waals surface area (Å²) >= 11 is 0. The Kier molecular flexibility index (Phi) is 14.1. The molecule has 1 aliphatic carbocycles. The number of halogens is 1. The molecule has 3 N–H and O–H groups in total. The van der Waals surface area contributed by atoms with Crippen LogP contribution in [0, 0.1) is 5.82 Å². The van der Waals surface area contributed by atoms with Crippen molar-refractivity contribution in [3.8, 4) is 11.5 Å². The Morgan fingerprint density at radius 1 is 0.750 bits per heavy atom. The zero-order chi connectivity index (χ0) is 48.2. The van der Waals surface area contributed by atoms with E-state index in [0.717, 1.165) is 41.0 Å². The van der Waals surface area contributed by atoms with Crippen LogP contribution >= 0.6 is 0 Å². The predicted octanol–water partition coefficient (Wildman–Crippen LogP) is 7.26. The van der Waals surface area contributed by atoms with Gasteiger partial charge < -0.3 is 44.7 Å². The third-order valence-electron chi connectivity index (χ3n) is 13.0. The van der Waals surface area contributed by atoms with E-state index in [1.807, 2.05) is 94.3 Å². The lowest BCUT2D eigenvalue weighted by molar-refractivity contribution is -0.128. The molecule has 1 saturated carbocycles. The highest BCUT2D eigenvalue weighted by molar-refractivity contribution is 6.02. The fraction of sp³-hybridized carbons (Fsp3) is 0.377. The van der Waals surface area contributed by atoms with E-state index in [0.29, 0.717) is 64.5 Å². The fourth-order valence-corrected chi connectivity index (χ4v) is 8.90. The molecule has 8 rings (SSSR count).